The Labute approximate surface area is 182 Å². The molecule has 1 fully saturated rings. The van der Waals surface area contributed by atoms with Crippen molar-refractivity contribution >= 4 is 29.1 Å². The summed E-state index contributed by atoms with van der Waals surface area (Å²) in [7, 11) is 0. The van der Waals surface area contributed by atoms with E-state index < -0.39 is 6.10 Å². The van der Waals surface area contributed by atoms with Gasteiger partial charge in [-0.25, -0.2) is 0 Å². The van der Waals surface area contributed by atoms with Crippen LogP contribution in [0.2, 0.25) is 0 Å². The van der Waals surface area contributed by atoms with Crippen molar-refractivity contribution in [3.63, 3.8) is 0 Å². The molecule has 1 aromatic heterocycles. The van der Waals surface area contributed by atoms with E-state index in [-0.39, 0.29) is 29.3 Å². The van der Waals surface area contributed by atoms with E-state index in [0.717, 1.165) is 12.1 Å². The molecule has 2 aromatic carbocycles. The molecule has 0 aliphatic carbocycles. The number of anilines is 1. The summed E-state index contributed by atoms with van der Waals surface area (Å²) in [6, 6.07) is 14.5. The van der Waals surface area contributed by atoms with E-state index in [2.05, 4.69) is 10.2 Å². The number of hydrogen-bond donors (Lipinski definition) is 0. The van der Waals surface area contributed by atoms with Crippen LogP contribution in [0.25, 0.3) is 0 Å². The van der Waals surface area contributed by atoms with Gasteiger partial charge >= 0.3 is 0 Å². The lowest BCUT2D eigenvalue weighted by Gasteiger charge is -2.23. The summed E-state index contributed by atoms with van der Waals surface area (Å²) in [6.07, 6.45) is 0.893. The lowest BCUT2D eigenvalue weighted by atomic mass is 10.1. The number of rotatable bonds is 6. The standard InChI is InChI=1S/C22H19N3O5S/c26-16(14-5-3-6-15(11-14)25-10-4-9-20(25)27)13-31-22-24-23-21(30-22)19-12-28-17-7-1-2-8-18(17)29-19/h1-3,5-8,11,19H,4,9-10,12-13H2/t19-/m0/s1. The van der Waals surface area contributed by atoms with Crippen molar-refractivity contribution in [2.45, 2.75) is 24.2 Å². The van der Waals surface area contributed by atoms with Crippen molar-refractivity contribution in [2.75, 3.05) is 23.8 Å². The fraction of sp³-hybridized carbons (Fsp3) is 0.273. The number of nitrogens with zero attached hydrogens (tertiary/aromatic N) is 3. The van der Waals surface area contributed by atoms with Crippen molar-refractivity contribution in [3.8, 4) is 11.5 Å². The van der Waals surface area contributed by atoms with Crippen LogP contribution in [0.4, 0.5) is 5.69 Å². The number of carbonyl (C=O) groups is 2. The Morgan fingerprint density at radius 2 is 2.00 bits per heavy atom. The van der Waals surface area contributed by atoms with Crippen LogP contribution in [0.5, 0.6) is 11.5 Å². The van der Waals surface area contributed by atoms with Gasteiger partial charge in [0.15, 0.2) is 17.3 Å². The molecular formula is C22H19N3O5S. The Morgan fingerprint density at radius 3 is 2.84 bits per heavy atom. The lowest BCUT2D eigenvalue weighted by molar-refractivity contribution is -0.117. The molecule has 0 spiro atoms. The first-order chi connectivity index (χ1) is 15.2. The Bertz CT molecular complexity index is 1130. The van der Waals surface area contributed by atoms with Crippen molar-refractivity contribution in [3.05, 3.63) is 60.0 Å². The number of Topliss-reactive ketones (excluding diaryl/α,β-unsaturated/α-hetero) is 1. The number of ketones is 1. The molecule has 0 unspecified atom stereocenters. The number of amides is 1. The van der Waals surface area contributed by atoms with Gasteiger partial charge in [0.25, 0.3) is 11.1 Å². The summed E-state index contributed by atoms with van der Waals surface area (Å²) in [5, 5.41) is 8.34. The van der Waals surface area contributed by atoms with Gasteiger partial charge in [0.2, 0.25) is 12.0 Å². The van der Waals surface area contributed by atoms with Crippen LogP contribution in [0.1, 0.15) is 35.2 Å². The fourth-order valence-corrected chi connectivity index (χ4v) is 4.19. The molecule has 0 saturated carbocycles. The topological polar surface area (TPSA) is 94.8 Å². The minimum absolute atomic E-state index is 0.0792. The third-order valence-corrected chi connectivity index (χ3v) is 5.90. The highest BCUT2D eigenvalue weighted by Gasteiger charge is 2.27. The predicted octanol–water partition coefficient (Wildman–Crippen LogP) is 3.68. The first-order valence-electron chi connectivity index (χ1n) is 9.96. The van der Waals surface area contributed by atoms with E-state index in [9.17, 15) is 9.59 Å². The minimum atomic E-state index is -0.498. The van der Waals surface area contributed by atoms with E-state index in [1.807, 2.05) is 30.3 Å². The first-order valence-corrected chi connectivity index (χ1v) is 10.9. The van der Waals surface area contributed by atoms with Crippen molar-refractivity contribution in [1.82, 2.24) is 10.2 Å². The molecule has 0 radical (unpaired) electrons. The molecule has 31 heavy (non-hydrogen) atoms. The van der Waals surface area contributed by atoms with Gasteiger partial charge in [-0.2, -0.15) is 0 Å². The summed E-state index contributed by atoms with van der Waals surface area (Å²) in [5.41, 5.74) is 1.30. The number of ether oxygens (including phenoxy) is 2. The molecular weight excluding hydrogens is 418 g/mol. The van der Waals surface area contributed by atoms with E-state index in [1.165, 1.54) is 11.8 Å². The molecule has 158 valence electrons. The number of para-hydroxylation sites is 2. The van der Waals surface area contributed by atoms with Gasteiger partial charge in [0.05, 0.1) is 5.75 Å². The summed E-state index contributed by atoms with van der Waals surface area (Å²) in [4.78, 5) is 26.3. The number of aromatic nitrogens is 2. The second kappa shape index (κ2) is 8.43. The molecule has 1 atom stereocenters. The average Bonchev–Trinajstić information content (AvgIpc) is 3.46. The van der Waals surface area contributed by atoms with Crippen LogP contribution in [0, 0.1) is 0 Å². The van der Waals surface area contributed by atoms with E-state index in [0.29, 0.717) is 35.9 Å². The first kappa shape index (κ1) is 19.6. The zero-order valence-corrected chi connectivity index (χ0v) is 17.3. The van der Waals surface area contributed by atoms with Gasteiger partial charge in [0, 0.05) is 24.2 Å². The Balaban J connectivity index is 1.21. The summed E-state index contributed by atoms with van der Waals surface area (Å²) >= 11 is 1.17. The Kier molecular flexibility index (Phi) is 5.33. The van der Waals surface area contributed by atoms with E-state index in [4.69, 9.17) is 13.9 Å². The van der Waals surface area contributed by atoms with Gasteiger partial charge in [-0.05, 0) is 30.7 Å². The maximum Gasteiger partial charge on any atom is 0.277 e. The van der Waals surface area contributed by atoms with Crippen molar-refractivity contribution in [2.24, 2.45) is 0 Å². The highest BCUT2D eigenvalue weighted by atomic mass is 32.2. The molecule has 1 amide bonds. The molecule has 1 saturated heterocycles. The molecule has 0 N–H and O–H groups in total. The zero-order chi connectivity index (χ0) is 21.2. The van der Waals surface area contributed by atoms with Gasteiger partial charge in [-0.15, -0.1) is 10.2 Å². The molecule has 2 aliphatic heterocycles. The maximum atomic E-state index is 12.7. The largest absolute Gasteiger partial charge is 0.485 e. The SMILES string of the molecule is O=C(CSc1nnc([C@@H]2COc3ccccc3O2)o1)c1cccc(N2CCCC2=O)c1. The third-order valence-electron chi connectivity index (χ3n) is 5.09. The average molecular weight is 437 g/mol. The number of benzene rings is 2. The fourth-order valence-electron chi connectivity index (χ4n) is 3.53. The van der Waals surface area contributed by atoms with Crippen LogP contribution >= 0.6 is 11.8 Å². The number of fused-ring (bicyclic) bond motifs is 1. The Morgan fingerprint density at radius 1 is 1.13 bits per heavy atom. The van der Waals surface area contributed by atoms with Crippen LogP contribution in [-0.2, 0) is 4.79 Å². The zero-order valence-electron chi connectivity index (χ0n) is 16.5. The van der Waals surface area contributed by atoms with Crippen molar-refractivity contribution < 1.29 is 23.5 Å². The van der Waals surface area contributed by atoms with Crippen LogP contribution < -0.4 is 14.4 Å². The molecule has 9 heteroatoms. The van der Waals surface area contributed by atoms with Gasteiger partial charge in [0.1, 0.15) is 6.61 Å². The molecule has 0 bridgehead atoms. The lowest BCUT2D eigenvalue weighted by Crippen LogP contribution is -2.23. The molecule has 3 heterocycles. The number of thioether (sulfide) groups is 1. The van der Waals surface area contributed by atoms with Crippen molar-refractivity contribution in [1.29, 1.82) is 0 Å². The Hall–Kier alpha value is -3.33. The smallest absolute Gasteiger partial charge is 0.277 e. The van der Waals surface area contributed by atoms with Gasteiger partial charge in [-0.1, -0.05) is 36.0 Å². The second-order valence-electron chi connectivity index (χ2n) is 7.18. The van der Waals surface area contributed by atoms with Crippen LogP contribution in [-0.4, -0.2) is 40.8 Å². The van der Waals surface area contributed by atoms with Crippen LogP contribution in [0.15, 0.2) is 58.2 Å². The second-order valence-corrected chi connectivity index (χ2v) is 8.11. The normalized spacial score (nSPS) is 17.7. The molecule has 8 nitrogen and oxygen atoms in total. The van der Waals surface area contributed by atoms with E-state index >= 15 is 0 Å². The predicted molar refractivity (Wildman–Crippen MR) is 113 cm³/mol. The summed E-state index contributed by atoms with van der Waals surface area (Å²) < 4.78 is 17.2. The molecule has 2 aliphatic rings. The number of carbonyl (C=O) groups excluding carboxylic acids is 2. The highest BCUT2D eigenvalue weighted by Crippen LogP contribution is 2.36. The van der Waals surface area contributed by atoms with Gasteiger partial charge in [-0.3, -0.25) is 9.59 Å². The quantitative estimate of drug-likeness (QED) is 0.426. The maximum absolute atomic E-state index is 12.7. The third kappa shape index (κ3) is 4.13. The molecule has 5 rings (SSSR count). The summed E-state index contributed by atoms with van der Waals surface area (Å²) in [5.74, 6) is 1.76. The number of hydrogen-bond acceptors (Lipinski definition) is 8. The molecule has 3 aromatic rings. The summed E-state index contributed by atoms with van der Waals surface area (Å²) in [6.45, 7) is 0.956. The van der Waals surface area contributed by atoms with E-state index in [1.54, 1.807) is 23.1 Å². The van der Waals surface area contributed by atoms with Crippen LogP contribution in [0.3, 0.4) is 0 Å². The van der Waals surface area contributed by atoms with Gasteiger partial charge < -0.3 is 18.8 Å². The highest BCUT2D eigenvalue weighted by molar-refractivity contribution is 7.99. The minimum Gasteiger partial charge on any atom is -0.485 e. The monoisotopic (exact) mass is 437 g/mol.